The Morgan fingerprint density at radius 1 is 1.36 bits per heavy atom. The van der Waals surface area contributed by atoms with E-state index in [2.05, 4.69) is 15.6 Å². The summed E-state index contributed by atoms with van der Waals surface area (Å²) in [6.07, 6.45) is 2.75. The number of aryl methyl sites for hydroxylation is 1. The molecule has 0 bridgehead atoms. The molecule has 0 spiro atoms. The number of primary amides is 1. The Bertz CT molecular complexity index is 792. The number of aromatic nitrogens is 1. The van der Waals surface area contributed by atoms with E-state index in [0.717, 1.165) is 35.2 Å². The first-order valence-electron chi connectivity index (χ1n) is 8.32. The zero-order valence-electron chi connectivity index (χ0n) is 14.2. The smallest absolute Gasteiger partial charge is 0.319 e. The number of nitrogens with zero attached hydrogens (tertiary/aromatic N) is 2. The lowest BCUT2D eigenvalue weighted by molar-refractivity contribution is -0.121. The summed E-state index contributed by atoms with van der Waals surface area (Å²) >= 11 is 0. The fourth-order valence-electron chi connectivity index (χ4n) is 3.12. The first kappa shape index (κ1) is 17.2. The van der Waals surface area contributed by atoms with Crippen LogP contribution in [0.1, 0.15) is 12.1 Å². The van der Waals surface area contributed by atoms with Gasteiger partial charge in [-0.1, -0.05) is 18.2 Å². The molecule has 0 saturated carbocycles. The number of likely N-dealkylation sites (tertiary alicyclic amines) is 1. The van der Waals surface area contributed by atoms with E-state index in [1.54, 1.807) is 0 Å². The van der Waals surface area contributed by atoms with Gasteiger partial charge in [-0.3, -0.25) is 14.7 Å². The van der Waals surface area contributed by atoms with Crippen LogP contribution in [0, 0.1) is 13.3 Å². The molecule has 2 aromatic rings. The highest BCUT2D eigenvalue weighted by Crippen LogP contribution is 2.22. The van der Waals surface area contributed by atoms with Crippen LogP contribution < -0.4 is 16.4 Å². The van der Waals surface area contributed by atoms with Crippen LogP contribution in [0.4, 0.5) is 10.5 Å². The van der Waals surface area contributed by atoms with Crippen molar-refractivity contribution in [3.63, 3.8) is 0 Å². The predicted octanol–water partition coefficient (Wildman–Crippen LogP) is 1.43. The number of anilines is 1. The van der Waals surface area contributed by atoms with Crippen molar-refractivity contribution < 1.29 is 9.59 Å². The van der Waals surface area contributed by atoms with E-state index in [1.807, 2.05) is 48.6 Å². The standard InChI is InChI=1S/C18H22N5O2/c1-12-11-15(13-5-2-3-6-14(13)21-12)22-18(25)20-8-10-23-9-4-7-16(23)17(19)24/h2-3,5-7,11,16H,4,8-10H2,1H3,(H2,19,24)(H2,20,21,22,25). The summed E-state index contributed by atoms with van der Waals surface area (Å²) < 4.78 is 0. The molecule has 4 N–H and O–H groups in total. The summed E-state index contributed by atoms with van der Waals surface area (Å²) in [5.41, 5.74) is 7.78. The number of hydrogen-bond acceptors (Lipinski definition) is 4. The van der Waals surface area contributed by atoms with E-state index in [1.165, 1.54) is 0 Å². The molecule has 0 aliphatic carbocycles. The Balaban J connectivity index is 1.57. The van der Waals surface area contributed by atoms with Gasteiger partial charge in [0.25, 0.3) is 0 Å². The van der Waals surface area contributed by atoms with Gasteiger partial charge in [0, 0.05) is 24.2 Å². The molecule has 3 amide bonds. The first-order valence-corrected chi connectivity index (χ1v) is 8.32. The van der Waals surface area contributed by atoms with Crippen LogP contribution in [0.2, 0.25) is 0 Å². The summed E-state index contributed by atoms with van der Waals surface area (Å²) in [7, 11) is 0. The number of fused-ring (bicyclic) bond motifs is 1. The largest absolute Gasteiger partial charge is 0.368 e. The molecule has 3 rings (SSSR count). The van der Waals surface area contributed by atoms with Crippen molar-refractivity contribution in [1.29, 1.82) is 0 Å². The van der Waals surface area contributed by atoms with Gasteiger partial charge in [-0.25, -0.2) is 4.79 Å². The van der Waals surface area contributed by atoms with Crippen molar-refractivity contribution in [3.8, 4) is 0 Å². The second kappa shape index (κ2) is 7.48. The summed E-state index contributed by atoms with van der Waals surface area (Å²) in [4.78, 5) is 30.0. The average Bonchev–Trinajstić information content (AvgIpc) is 3.03. The molecular formula is C18H22N5O2. The van der Waals surface area contributed by atoms with E-state index < -0.39 is 0 Å². The topological polar surface area (TPSA) is 100 Å². The minimum atomic E-state index is -0.347. The third kappa shape index (κ3) is 4.06. The number of carbonyl (C=O) groups is 2. The van der Waals surface area contributed by atoms with Crippen LogP contribution in [0.25, 0.3) is 10.9 Å². The molecule has 1 aliphatic heterocycles. The van der Waals surface area contributed by atoms with Gasteiger partial charge in [-0.15, -0.1) is 0 Å². The van der Waals surface area contributed by atoms with Crippen molar-refractivity contribution in [2.45, 2.75) is 19.4 Å². The van der Waals surface area contributed by atoms with Gasteiger partial charge in [0.1, 0.15) is 0 Å². The maximum atomic E-state index is 12.2. The molecular weight excluding hydrogens is 318 g/mol. The molecule has 2 heterocycles. The van der Waals surface area contributed by atoms with Crippen LogP contribution in [0.5, 0.6) is 0 Å². The van der Waals surface area contributed by atoms with E-state index in [-0.39, 0.29) is 18.0 Å². The van der Waals surface area contributed by atoms with Gasteiger partial charge in [0.2, 0.25) is 5.91 Å². The fraction of sp³-hybridized carbons (Fsp3) is 0.333. The zero-order chi connectivity index (χ0) is 17.8. The quantitative estimate of drug-likeness (QED) is 0.766. The number of pyridine rings is 1. The molecule has 1 atom stereocenters. The van der Waals surface area contributed by atoms with Gasteiger partial charge >= 0.3 is 6.03 Å². The van der Waals surface area contributed by atoms with E-state index >= 15 is 0 Å². The van der Waals surface area contributed by atoms with Crippen LogP contribution in [0.3, 0.4) is 0 Å². The lowest BCUT2D eigenvalue weighted by Gasteiger charge is -2.21. The second-order valence-corrected chi connectivity index (χ2v) is 6.12. The third-order valence-electron chi connectivity index (χ3n) is 4.27. The molecule has 7 nitrogen and oxygen atoms in total. The van der Waals surface area contributed by atoms with Crippen molar-refractivity contribution in [1.82, 2.24) is 15.2 Å². The summed E-state index contributed by atoms with van der Waals surface area (Å²) in [5.74, 6) is -0.347. The Hall–Kier alpha value is -2.67. The normalized spacial score (nSPS) is 17.6. The van der Waals surface area contributed by atoms with Crippen LogP contribution in [0.15, 0.2) is 30.3 Å². The zero-order valence-corrected chi connectivity index (χ0v) is 14.2. The summed E-state index contributed by atoms with van der Waals surface area (Å²) in [6, 6.07) is 8.90. The lowest BCUT2D eigenvalue weighted by atomic mass is 10.1. The Kier molecular flexibility index (Phi) is 5.14. The Morgan fingerprint density at radius 2 is 2.16 bits per heavy atom. The van der Waals surface area contributed by atoms with Gasteiger partial charge in [-0.05, 0) is 38.4 Å². The highest BCUT2D eigenvalue weighted by Gasteiger charge is 2.28. The number of nitrogens with one attached hydrogen (secondary N) is 2. The van der Waals surface area contributed by atoms with Crippen molar-refractivity contribution in [3.05, 3.63) is 42.4 Å². The molecule has 1 aromatic heterocycles. The second-order valence-electron chi connectivity index (χ2n) is 6.12. The molecule has 1 fully saturated rings. The number of amides is 3. The number of carbonyl (C=O) groups excluding carboxylic acids is 2. The van der Waals surface area contributed by atoms with Gasteiger partial charge < -0.3 is 16.4 Å². The maximum absolute atomic E-state index is 12.2. The summed E-state index contributed by atoms with van der Waals surface area (Å²) in [5, 5.41) is 6.60. The molecule has 1 aromatic carbocycles. The average molecular weight is 340 g/mol. The van der Waals surface area contributed by atoms with E-state index in [4.69, 9.17) is 5.73 Å². The highest BCUT2D eigenvalue weighted by molar-refractivity contribution is 6.00. The first-order chi connectivity index (χ1) is 12.0. The molecule has 1 unspecified atom stereocenters. The molecule has 7 heteroatoms. The molecule has 1 saturated heterocycles. The Morgan fingerprint density at radius 3 is 2.96 bits per heavy atom. The lowest BCUT2D eigenvalue weighted by Crippen LogP contribution is -2.44. The van der Waals surface area contributed by atoms with Gasteiger partial charge in [0.15, 0.2) is 0 Å². The maximum Gasteiger partial charge on any atom is 0.319 e. The van der Waals surface area contributed by atoms with Crippen LogP contribution >= 0.6 is 0 Å². The number of benzene rings is 1. The number of nitrogens with two attached hydrogens (primary N) is 1. The highest BCUT2D eigenvalue weighted by atomic mass is 16.2. The molecule has 25 heavy (non-hydrogen) atoms. The van der Waals surface area contributed by atoms with Crippen molar-refractivity contribution >= 4 is 28.5 Å². The minimum Gasteiger partial charge on any atom is -0.368 e. The molecule has 1 aliphatic rings. The van der Waals surface area contributed by atoms with Crippen molar-refractivity contribution in [2.24, 2.45) is 5.73 Å². The number of rotatable bonds is 5. The Labute approximate surface area is 146 Å². The number of urea groups is 1. The van der Waals surface area contributed by atoms with Crippen LogP contribution in [-0.2, 0) is 4.79 Å². The van der Waals surface area contributed by atoms with E-state index in [9.17, 15) is 9.59 Å². The summed E-state index contributed by atoms with van der Waals surface area (Å²) in [6.45, 7) is 3.69. The number of para-hydroxylation sites is 1. The van der Waals surface area contributed by atoms with Crippen LogP contribution in [-0.4, -0.2) is 47.5 Å². The fourth-order valence-corrected chi connectivity index (χ4v) is 3.12. The third-order valence-corrected chi connectivity index (χ3v) is 4.27. The SMILES string of the molecule is Cc1cc(NC(=O)NCCN2CC[CH]C2C(N)=O)c2ccccc2n1. The van der Waals surface area contributed by atoms with Crippen molar-refractivity contribution in [2.75, 3.05) is 25.0 Å². The number of hydrogen-bond donors (Lipinski definition) is 3. The predicted molar refractivity (Wildman–Crippen MR) is 97.0 cm³/mol. The minimum absolute atomic E-state index is 0.283. The van der Waals surface area contributed by atoms with Gasteiger partial charge in [-0.2, -0.15) is 0 Å². The molecule has 1 radical (unpaired) electrons. The van der Waals surface area contributed by atoms with Gasteiger partial charge in [0.05, 0.1) is 17.2 Å². The monoisotopic (exact) mass is 340 g/mol. The van der Waals surface area contributed by atoms with E-state index in [0.29, 0.717) is 13.1 Å². The molecule has 131 valence electrons.